The Bertz CT molecular complexity index is 714. The molecule has 0 saturated carbocycles. The summed E-state index contributed by atoms with van der Waals surface area (Å²) in [5, 5.41) is 4.27. The van der Waals surface area contributed by atoms with E-state index in [0.717, 1.165) is 5.52 Å². The zero-order chi connectivity index (χ0) is 12.7. The Morgan fingerprint density at radius 2 is 2.17 bits per heavy atom. The Morgan fingerprint density at radius 3 is 2.89 bits per heavy atom. The number of benzene rings is 1. The van der Waals surface area contributed by atoms with Gasteiger partial charge in [0.15, 0.2) is 11.3 Å². The first kappa shape index (κ1) is 10.6. The van der Waals surface area contributed by atoms with Gasteiger partial charge in [-0.15, -0.1) is 0 Å². The molecule has 92 valence electrons. The molecule has 6 heteroatoms. The summed E-state index contributed by atoms with van der Waals surface area (Å²) in [5.41, 5.74) is 8.37. The highest BCUT2D eigenvalue weighted by molar-refractivity contribution is 5.78. The smallest absolute Gasteiger partial charge is 0.248 e. The lowest BCUT2D eigenvalue weighted by molar-refractivity contribution is 0.373. The number of aromatic nitrogens is 3. The summed E-state index contributed by atoms with van der Waals surface area (Å²) in [6, 6.07) is 7.12. The molecular formula is C12H12N4O2. The summed E-state index contributed by atoms with van der Waals surface area (Å²) in [6.45, 7) is 0. The Morgan fingerprint density at radius 1 is 1.33 bits per heavy atom. The van der Waals surface area contributed by atoms with Gasteiger partial charge in [-0.3, -0.25) is 0 Å². The molecule has 0 unspecified atom stereocenters. The molecule has 0 amide bonds. The largest absolute Gasteiger partial charge is 0.481 e. The third-order valence-corrected chi connectivity index (χ3v) is 2.68. The van der Waals surface area contributed by atoms with E-state index in [2.05, 4.69) is 10.1 Å². The molecule has 0 fully saturated rings. The molecule has 0 bridgehead atoms. The average molecular weight is 244 g/mol. The minimum atomic E-state index is 0.453. The first-order valence-corrected chi connectivity index (χ1v) is 5.42. The average Bonchev–Trinajstić information content (AvgIpc) is 2.91. The fourth-order valence-electron chi connectivity index (χ4n) is 1.80. The van der Waals surface area contributed by atoms with Crippen LogP contribution in [0.15, 0.2) is 28.7 Å². The predicted octanol–water partition coefficient (Wildman–Crippen LogP) is 1.82. The number of nitrogens with two attached hydrogens (primary N) is 1. The Hall–Kier alpha value is -2.50. The third kappa shape index (κ3) is 1.58. The molecule has 18 heavy (non-hydrogen) atoms. The second-order valence-corrected chi connectivity index (χ2v) is 3.94. The number of hydrogen-bond donors (Lipinski definition) is 1. The minimum Gasteiger partial charge on any atom is -0.481 e. The van der Waals surface area contributed by atoms with Gasteiger partial charge < -0.3 is 14.9 Å². The molecule has 0 aliphatic carbocycles. The van der Waals surface area contributed by atoms with Crippen LogP contribution in [0.1, 0.15) is 0 Å². The second kappa shape index (κ2) is 3.76. The molecule has 0 saturated heterocycles. The van der Waals surface area contributed by atoms with Crippen molar-refractivity contribution in [1.82, 2.24) is 14.8 Å². The number of aryl methyl sites for hydroxylation is 1. The van der Waals surface area contributed by atoms with Gasteiger partial charge in [-0.2, -0.15) is 5.10 Å². The first-order chi connectivity index (χ1) is 8.67. The van der Waals surface area contributed by atoms with Crippen LogP contribution in [0.5, 0.6) is 5.88 Å². The molecule has 1 aromatic carbocycles. The van der Waals surface area contributed by atoms with Gasteiger partial charge in [0, 0.05) is 24.9 Å². The highest BCUT2D eigenvalue weighted by atomic mass is 16.5. The van der Waals surface area contributed by atoms with Crippen LogP contribution in [0.3, 0.4) is 0 Å². The van der Waals surface area contributed by atoms with Crippen LogP contribution in [0.4, 0.5) is 5.69 Å². The van der Waals surface area contributed by atoms with Crippen molar-refractivity contribution < 1.29 is 9.15 Å². The van der Waals surface area contributed by atoms with Crippen molar-refractivity contribution >= 4 is 16.8 Å². The lowest BCUT2D eigenvalue weighted by atomic mass is 10.3. The van der Waals surface area contributed by atoms with E-state index in [1.165, 1.54) is 0 Å². The van der Waals surface area contributed by atoms with Crippen LogP contribution in [0.25, 0.3) is 22.7 Å². The Labute approximate surface area is 103 Å². The summed E-state index contributed by atoms with van der Waals surface area (Å²) in [6.07, 6.45) is 0. The van der Waals surface area contributed by atoms with E-state index in [-0.39, 0.29) is 0 Å². The van der Waals surface area contributed by atoms with E-state index >= 15 is 0 Å². The monoisotopic (exact) mass is 244 g/mol. The summed E-state index contributed by atoms with van der Waals surface area (Å²) in [5.74, 6) is 1.10. The molecule has 3 rings (SSSR count). The summed E-state index contributed by atoms with van der Waals surface area (Å²) < 4.78 is 12.4. The maximum atomic E-state index is 5.69. The van der Waals surface area contributed by atoms with Crippen molar-refractivity contribution in [3.8, 4) is 17.5 Å². The van der Waals surface area contributed by atoms with E-state index in [4.69, 9.17) is 14.9 Å². The number of nitrogens with zero attached hydrogens (tertiary/aromatic N) is 3. The number of rotatable bonds is 2. The molecule has 0 aliphatic heterocycles. The van der Waals surface area contributed by atoms with Gasteiger partial charge in [0.1, 0.15) is 5.52 Å². The Balaban J connectivity index is 2.13. The molecule has 0 aliphatic rings. The molecule has 0 atom stereocenters. The number of fused-ring (bicyclic) bond motifs is 1. The number of ether oxygens (including phenoxy) is 1. The van der Waals surface area contributed by atoms with E-state index in [9.17, 15) is 0 Å². The van der Waals surface area contributed by atoms with Gasteiger partial charge in [-0.25, -0.2) is 9.67 Å². The molecule has 2 heterocycles. The van der Waals surface area contributed by atoms with Crippen LogP contribution in [-0.4, -0.2) is 21.9 Å². The van der Waals surface area contributed by atoms with Crippen LogP contribution < -0.4 is 10.5 Å². The topological polar surface area (TPSA) is 79.1 Å². The van der Waals surface area contributed by atoms with Crippen molar-refractivity contribution in [2.24, 2.45) is 7.05 Å². The molecule has 2 N–H and O–H groups in total. The summed E-state index contributed by atoms with van der Waals surface area (Å²) in [4.78, 5) is 4.36. The van der Waals surface area contributed by atoms with Gasteiger partial charge in [0.2, 0.25) is 11.8 Å². The van der Waals surface area contributed by atoms with E-state index in [0.29, 0.717) is 28.7 Å². The lowest BCUT2D eigenvalue weighted by Gasteiger charge is -1.95. The molecule has 0 radical (unpaired) electrons. The standard InChI is InChI=1S/C12H12N4O2/c1-16-11(17-2)6-9(15-16)12-14-8-4-3-7(13)5-10(8)18-12/h3-6H,13H2,1-2H3. The first-order valence-electron chi connectivity index (χ1n) is 5.42. The van der Waals surface area contributed by atoms with Gasteiger partial charge in [0.05, 0.1) is 7.11 Å². The van der Waals surface area contributed by atoms with Gasteiger partial charge in [0.25, 0.3) is 0 Å². The minimum absolute atomic E-state index is 0.453. The number of nitrogen functional groups attached to an aromatic ring is 1. The molecule has 3 aromatic rings. The van der Waals surface area contributed by atoms with E-state index in [1.54, 1.807) is 37.0 Å². The number of oxazole rings is 1. The number of hydrogen-bond acceptors (Lipinski definition) is 5. The van der Waals surface area contributed by atoms with Crippen LogP contribution >= 0.6 is 0 Å². The SMILES string of the molecule is COc1cc(-c2nc3ccc(N)cc3o2)nn1C. The van der Waals surface area contributed by atoms with E-state index < -0.39 is 0 Å². The van der Waals surface area contributed by atoms with Gasteiger partial charge >= 0.3 is 0 Å². The van der Waals surface area contributed by atoms with E-state index in [1.807, 2.05) is 6.07 Å². The Kier molecular flexibility index (Phi) is 2.22. The molecule has 0 spiro atoms. The third-order valence-electron chi connectivity index (χ3n) is 2.68. The van der Waals surface area contributed by atoms with Crippen molar-refractivity contribution in [2.45, 2.75) is 0 Å². The summed E-state index contributed by atoms with van der Waals surface area (Å²) in [7, 11) is 3.39. The predicted molar refractivity (Wildman–Crippen MR) is 67.2 cm³/mol. The van der Waals surface area contributed by atoms with Crippen LogP contribution in [-0.2, 0) is 7.05 Å². The second-order valence-electron chi connectivity index (χ2n) is 3.94. The zero-order valence-electron chi connectivity index (χ0n) is 10.0. The normalized spacial score (nSPS) is 11.0. The van der Waals surface area contributed by atoms with Crippen molar-refractivity contribution in [3.63, 3.8) is 0 Å². The van der Waals surface area contributed by atoms with Crippen molar-refractivity contribution in [1.29, 1.82) is 0 Å². The molecule has 2 aromatic heterocycles. The van der Waals surface area contributed by atoms with Gasteiger partial charge in [-0.1, -0.05) is 0 Å². The lowest BCUT2D eigenvalue weighted by Crippen LogP contribution is -1.94. The van der Waals surface area contributed by atoms with Crippen LogP contribution in [0.2, 0.25) is 0 Å². The van der Waals surface area contributed by atoms with Crippen LogP contribution in [0, 0.1) is 0 Å². The quantitative estimate of drug-likeness (QED) is 0.695. The zero-order valence-corrected chi connectivity index (χ0v) is 10.0. The summed E-state index contributed by atoms with van der Waals surface area (Å²) >= 11 is 0. The molecular weight excluding hydrogens is 232 g/mol. The number of methoxy groups -OCH3 is 1. The fourth-order valence-corrected chi connectivity index (χ4v) is 1.80. The van der Waals surface area contributed by atoms with Crippen molar-refractivity contribution in [3.05, 3.63) is 24.3 Å². The highest BCUT2D eigenvalue weighted by Crippen LogP contribution is 2.26. The highest BCUT2D eigenvalue weighted by Gasteiger charge is 2.13. The van der Waals surface area contributed by atoms with Crippen molar-refractivity contribution in [2.75, 3.05) is 12.8 Å². The maximum Gasteiger partial charge on any atom is 0.248 e. The molecule has 6 nitrogen and oxygen atoms in total. The number of anilines is 1. The fraction of sp³-hybridized carbons (Fsp3) is 0.167. The van der Waals surface area contributed by atoms with Gasteiger partial charge in [-0.05, 0) is 12.1 Å². The maximum absolute atomic E-state index is 5.69.